The standard InChI is InChI=1S/C23H24FN5O7S/c1-9-6-28-16-11(5-23(18(28)10(2)35-9)20(31)25-22(33)26-21(23)32)4-12-17(15(16)24)36-27-19(12)29-13(30)7-34-14(29)8-37-3/h4,9-10,14,18H,5-8H2,1-3H3,(H2,25,26,31,32,33)/t9-,10+,14-,18-/m1/s1. The van der Waals surface area contributed by atoms with Crippen LogP contribution in [-0.2, 0) is 30.3 Å². The van der Waals surface area contributed by atoms with Crippen molar-refractivity contribution in [2.45, 2.75) is 44.7 Å². The lowest BCUT2D eigenvalue weighted by Gasteiger charge is -2.55. The number of imide groups is 2. The average Bonchev–Trinajstić information content (AvgIpc) is 3.40. The lowest BCUT2D eigenvalue weighted by Crippen LogP contribution is -2.75. The molecule has 0 unspecified atom stereocenters. The first-order valence-corrected chi connectivity index (χ1v) is 13.2. The number of hydrogen-bond acceptors (Lipinski definition) is 10. The molecule has 5 heterocycles. The zero-order valence-electron chi connectivity index (χ0n) is 20.2. The van der Waals surface area contributed by atoms with Crippen molar-refractivity contribution in [3.8, 4) is 0 Å². The average molecular weight is 534 g/mol. The molecule has 1 aromatic carbocycles. The van der Waals surface area contributed by atoms with Gasteiger partial charge in [0.1, 0.15) is 12.8 Å². The first-order chi connectivity index (χ1) is 17.7. The molecule has 37 heavy (non-hydrogen) atoms. The van der Waals surface area contributed by atoms with Crippen LogP contribution in [0, 0.1) is 11.2 Å². The molecule has 4 atom stereocenters. The summed E-state index contributed by atoms with van der Waals surface area (Å²) in [4.78, 5) is 54.2. The number of carbonyl (C=O) groups excluding carboxylic acids is 4. The molecule has 0 bridgehead atoms. The predicted octanol–water partition coefficient (Wildman–Crippen LogP) is 0.910. The third kappa shape index (κ3) is 3.31. The molecule has 3 fully saturated rings. The van der Waals surface area contributed by atoms with E-state index in [1.807, 2.05) is 13.2 Å². The van der Waals surface area contributed by atoms with Gasteiger partial charge in [-0.2, -0.15) is 11.8 Å². The summed E-state index contributed by atoms with van der Waals surface area (Å²) in [6.45, 7) is 3.57. The first kappa shape index (κ1) is 24.1. The van der Waals surface area contributed by atoms with Crippen LogP contribution in [0.2, 0.25) is 0 Å². The number of barbiturate groups is 1. The number of amides is 5. The Morgan fingerprint density at radius 1 is 1.22 bits per heavy atom. The molecule has 4 aliphatic rings. The summed E-state index contributed by atoms with van der Waals surface area (Å²) in [5, 5.41) is 8.66. The zero-order chi connectivity index (χ0) is 26.2. The molecule has 6 rings (SSSR count). The van der Waals surface area contributed by atoms with Crippen molar-refractivity contribution in [2.75, 3.05) is 35.0 Å². The molecular formula is C23H24FN5O7S. The Kier molecular flexibility index (Phi) is 5.47. The molecule has 2 N–H and O–H groups in total. The summed E-state index contributed by atoms with van der Waals surface area (Å²) in [7, 11) is 0. The molecule has 0 saturated carbocycles. The van der Waals surface area contributed by atoms with E-state index in [1.165, 1.54) is 16.7 Å². The van der Waals surface area contributed by atoms with E-state index >= 15 is 4.39 Å². The smallest absolute Gasteiger partial charge is 0.328 e. The quantitative estimate of drug-likeness (QED) is 0.547. The predicted molar refractivity (Wildman–Crippen MR) is 129 cm³/mol. The SMILES string of the molecule is CSC[C@H]1OCC(=O)N1c1noc2c(F)c3c(cc12)CC1(C(=O)NC(=O)NC1=O)[C@H]1[C@H](C)O[C@H](C)CN31. The van der Waals surface area contributed by atoms with Crippen molar-refractivity contribution in [2.24, 2.45) is 5.41 Å². The van der Waals surface area contributed by atoms with Gasteiger partial charge in [-0.1, -0.05) is 5.16 Å². The minimum Gasteiger partial charge on any atom is -0.372 e. The van der Waals surface area contributed by atoms with Gasteiger partial charge in [-0.15, -0.1) is 0 Å². The van der Waals surface area contributed by atoms with Gasteiger partial charge in [-0.3, -0.25) is 29.9 Å². The van der Waals surface area contributed by atoms with Crippen LogP contribution < -0.4 is 20.4 Å². The number of urea groups is 1. The molecule has 2 aromatic rings. The number of thioether (sulfide) groups is 1. The van der Waals surface area contributed by atoms with E-state index in [-0.39, 0.29) is 54.1 Å². The molecule has 3 saturated heterocycles. The molecule has 5 amide bonds. The van der Waals surface area contributed by atoms with Crippen molar-refractivity contribution in [3.05, 3.63) is 17.4 Å². The second-order valence-electron chi connectivity index (χ2n) is 9.70. The number of benzene rings is 1. The van der Waals surface area contributed by atoms with E-state index < -0.39 is 47.5 Å². The second-order valence-corrected chi connectivity index (χ2v) is 10.6. The van der Waals surface area contributed by atoms with Gasteiger partial charge >= 0.3 is 6.03 Å². The van der Waals surface area contributed by atoms with E-state index in [1.54, 1.807) is 17.9 Å². The molecule has 196 valence electrons. The molecule has 1 aromatic heterocycles. The van der Waals surface area contributed by atoms with Crippen LogP contribution in [0.3, 0.4) is 0 Å². The number of halogens is 1. The van der Waals surface area contributed by atoms with Crippen molar-refractivity contribution >= 4 is 58.0 Å². The fourth-order valence-corrected chi connectivity index (χ4v) is 6.63. The van der Waals surface area contributed by atoms with Crippen molar-refractivity contribution in [3.63, 3.8) is 0 Å². The summed E-state index contributed by atoms with van der Waals surface area (Å²) in [6.07, 6.45) is 0.0814. The lowest BCUT2D eigenvalue weighted by molar-refractivity contribution is -0.153. The Morgan fingerprint density at radius 3 is 2.65 bits per heavy atom. The zero-order valence-corrected chi connectivity index (χ0v) is 21.0. The highest BCUT2D eigenvalue weighted by atomic mass is 32.2. The number of nitrogens with one attached hydrogen (secondary N) is 2. The Balaban J connectivity index is 1.55. The highest BCUT2D eigenvalue weighted by Crippen LogP contribution is 2.50. The van der Waals surface area contributed by atoms with Crippen LogP contribution in [0.15, 0.2) is 10.6 Å². The Hall–Kier alpha value is -3.23. The van der Waals surface area contributed by atoms with Crippen molar-refractivity contribution in [1.82, 2.24) is 15.8 Å². The molecular weight excluding hydrogens is 509 g/mol. The number of hydrogen-bond donors (Lipinski definition) is 2. The topological polar surface area (TPSA) is 143 Å². The van der Waals surface area contributed by atoms with Gasteiger partial charge in [-0.25, -0.2) is 9.18 Å². The molecule has 1 spiro atoms. The Labute approximate surface area is 214 Å². The van der Waals surface area contributed by atoms with Crippen LogP contribution in [-0.4, -0.2) is 78.5 Å². The number of rotatable bonds is 3. The minimum atomic E-state index is -1.76. The van der Waals surface area contributed by atoms with Gasteiger partial charge in [0.25, 0.3) is 5.91 Å². The van der Waals surface area contributed by atoms with E-state index in [2.05, 4.69) is 15.8 Å². The maximum absolute atomic E-state index is 16.2. The highest BCUT2D eigenvalue weighted by molar-refractivity contribution is 7.98. The third-order valence-electron chi connectivity index (χ3n) is 7.44. The van der Waals surface area contributed by atoms with E-state index in [0.29, 0.717) is 11.3 Å². The summed E-state index contributed by atoms with van der Waals surface area (Å²) in [6, 6.07) is -0.203. The molecule has 4 aliphatic heterocycles. The normalized spacial score (nSPS) is 29.0. The molecule has 14 heteroatoms. The van der Waals surface area contributed by atoms with Crippen LogP contribution in [0.4, 0.5) is 20.7 Å². The number of aromatic nitrogens is 1. The maximum atomic E-state index is 16.2. The van der Waals surface area contributed by atoms with Gasteiger partial charge in [0.2, 0.25) is 17.4 Å². The Bertz CT molecular complexity index is 1340. The first-order valence-electron chi connectivity index (χ1n) is 11.8. The highest BCUT2D eigenvalue weighted by Gasteiger charge is 2.63. The summed E-state index contributed by atoms with van der Waals surface area (Å²) in [5.74, 6) is -2.04. The third-order valence-corrected chi connectivity index (χ3v) is 8.06. The molecule has 0 radical (unpaired) electrons. The van der Waals surface area contributed by atoms with Crippen molar-refractivity contribution < 1.29 is 37.6 Å². The van der Waals surface area contributed by atoms with Crippen LogP contribution >= 0.6 is 11.8 Å². The van der Waals surface area contributed by atoms with E-state index in [4.69, 9.17) is 14.0 Å². The number of nitrogens with zero attached hydrogens (tertiary/aromatic N) is 3. The fourth-order valence-electron chi connectivity index (χ4n) is 6.10. The summed E-state index contributed by atoms with van der Waals surface area (Å²) >= 11 is 1.48. The van der Waals surface area contributed by atoms with Gasteiger partial charge in [0, 0.05) is 18.7 Å². The van der Waals surface area contributed by atoms with E-state index in [0.717, 1.165) is 0 Å². The number of carbonyl (C=O) groups is 4. The maximum Gasteiger partial charge on any atom is 0.328 e. The van der Waals surface area contributed by atoms with Gasteiger partial charge in [-0.05, 0) is 31.7 Å². The number of fused-ring (bicyclic) bond motifs is 5. The molecule has 12 nitrogen and oxygen atoms in total. The fraction of sp³-hybridized carbons (Fsp3) is 0.522. The van der Waals surface area contributed by atoms with Crippen LogP contribution in [0.1, 0.15) is 19.4 Å². The minimum absolute atomic E-state index is 0.103. The van der Waals surface area contributed by atoms with Gasteiger partial charge in [0.15, 0.2) is 17.1 Å². The summed E-state index contributed by atoms with van der Waals surface area (Å²) < 4.78 is 33.2. The lowest BCUT2D eigenvalue weighted by atomic mass is 9.66. The van der Waals surface area contributed by atoms with E-state index in [9.17, 15) is 19.2 Å². The van der Waals surface area contributed by atoms with Gasteiger partial charge in [0.05, 0.1) is 29.3 Å². The van der Waals surface area contributed by atoms with Crippen LogP contribution in [0.5, 0.6) is 0 Å². The van der Waals surface area contributed by atoms with Crippen LogP contribution in [0.25, 0.3) is 11.0 Å². The Morgan fingerprint density at radius 2 is 1.95 bits per heavy atom. The number of ether oxygens (including phenoxy) is 2. The second kappa shape index (κ2) is 8.39. The van der Waals surface area contributed by atoms with Gasteiger partial charge < -0.3 is 18.9 Å². The molecule has 0 aliphatic carbocycles. The number of morpholine rings is 1. The van der Waals surface area contributed by atoms with Crippen molar-refractivity contribution in [1.29, 1.82) is 0 Å². The largest absolute Gasteiger partial charge is 0.372 e. The monoisotopic (exact) mass is 533 g/mol. The number of anilines is 2. The summed E-state index contributed by atoms with van der Waals surface area (Å²) in [5.41, 5.74) is -1.38.